The first-order valence-electron chi connectivity index (χ1n) is 9.45. The van der Waals surface area contributed by atoms with Crippen molar-refractivity contribution in [3.05, 3.63) is 84.0 Å². The molecule has 0 aliphatic carbocycles. The lowest BCUT2D eigenvalue weighted by atomic mass is 9.98. The first-order valence-corrected chi connectivity index (χ1v) is 9.45. The summed E-state index contributed by atoms with van der Waals surface area (Å²) in [5.41, 5.74) is 3.02. The van der Waals surface area contributed by atoms with Crippen molar-refractivity contribution in [3.63, 3.8) is 0 Å². The van der Waals surface area contributed by atoms with E-state index >= 15 is 0 Å². The highest BCUT2D eigenvalue weighted by Gasteiger charge is 2.14. The number of carbonyl (C=O) groups is 1. The van der Waals surface area contributed by atoms with E-state index in [1.54, 1.807) is 12.1 Å². The second kappa shape index (κ2) is 8.65. The molecule has 2 aromatic carbocycles. The number of aromatic nitrogens is 3. The van der Waals surface area contributed by atoms with Crippen molar-refractivity contribution in [2.24, 2.45) is 0 Å². The summed E-state index contributed by atoms with van der Waals surface area (Å²) >= 11 is 0. The fraction of sp³-hybridized carbons (Fsp3) is 0.261. The van der Waals surface area contributed by atoms with E-state index in [1.165, 1.54) is 0 Å². The highest BCUT2D eigenvalue weighted by molar-refractivity contribution is 5.95. The summed E-state index contributed by atoms with van der Waals surface area (Å²) < 4.78 is 1.96. The van der Waals surface area contributed by atoms with Gasteiger partial charge in [0.1, 0.15) is 5.82 Å². The van der Waals surface area contributed by atoms with Crippen LogP contribution < -0.4 is 0 Å². The van der Waals surface area contributed by atoms with Crippen LogP contribution in [0.15, 0.2) is 61.2 Å². The van der Waals surface area contributed by atoms with Crippen molar-refractivity contribution in [3.8, 4) is 11.1 Å². The minimum Gasteiger partial charge on any atom is -0.478 e. The lowest BCUT2D eigenvalue weighted by molar-refractivity contribution is 0.0697. The number of aryl methyl sites for hydroxylation is 1. The maximum atomic E-state index is 11.5. The zero-order valence-electron chi connectivity index (χ0n) is 16.3. The summed E-state index contributed by atoms with van der Waals surface area (Å²) in [5.74, 6) is 1.14. The van der Waals surface area contributed by atoms with Crippen molar-refractivity contribution >= 4 is 5.97 Å². The fourth-order valence-corrected chi connectivity index (χ4v) is 3.07. The Morgan fingerprint density at radius 2 is 1.89 bits per heavy atom. The highest BCUT2D eigenvalue weighted by atomic mass is 16.4. The van der Waals surface area contributed by atoms with Crippen LogP contribution in [0.5, 0.6) is 0 Å². The molecule has 3 rings (SSSR count). The van der Waals surface area contributed by atoms with E-state index in [1.807, 2.05) is 47.2 Å². The Morgan fingerprint density at radius 3 is 2.54 bits per heavy atom. The number of benzene rings is 2. The van der Waals surface area contributed by atoms with E-state index in [0.717, 1.165) is 41.3 Å². The molecule has 0 saturated carbocycles. The normalized spacial score (nSPS) is 11.0. The Balaban J connectivity index is 1.85. The summed E-state index contributed by atoms with van der Waals surface area (Å²) in [5, 5.41) is 14.0. The van der Waals surface area contributed by atoms with Gasteiger partial charge < -0.3 is 5.11 Å². The largest absolute Gasteiger partial charge is 0.478 e. The van der Waals surface area contributed by atoms with E-state index in [9.17, 15) is 9.90 Å². The van der Waals surface area contributed by atoms with Crippen LogP contribution in [0, 0.1) is 0 Å². The van der Waals surface area contributed by atoms with Crippen molar-refractivity contribution in [1.82, 2.24) is 14.8 Å². The third-order valence-electron chi connectivity index (χ3n) is 4.61. The number of aromatic carboxylic acids is 1. The molecule has 0 fully saturated rings. The van der Waals surface area contributed by atoms with Gasteiger partial charge in [0.2, 0.25) is 0 Å². The number of hydrogen-bond acceptors (Lipinski definition) is 3. The van der Waals surface area contributed by atoms with Crippen molar-refractivity contribution in [1.29, 1.82) is 0 Å². The maximum absolute atomic E-state index is 11.5. The van der Waals surface area contributed by atoms with Crippen molar-refractivity contribution < 1.29 is 9.90 Å². The number of rotatable bonds is 8. The molecule has 0 radical (unpaired) electrons. The molecule has 0 amide bonds. The van der Waals surface area contributed by atoms with Gasteiger partial charge in [0.05, 0.1) is 5.56 Å². The topological polar surface area (TPSA) is 68.0 Å². The maximum Gasteiger partial charge on any atom is 0.336 e. The SMILES string of the molecule is C=CCCn1nc(C(C)C)nc1Cc1ccc(-c2ccccc2C(=O)O)cc1. The lowest BCUT2D eigenvalue weighted by Gasteiger charge is -2.08. The predicted octanol–water partition coefficient (Wildman–Crippen LogP) is 4.93. The number of carboxylic acid groups (broad SMARTS) is 1. The monoisotopic (exact) mass is 375 g/mol. The molecule has 0 saturated heterocycles. The second-order valence-corrected chi connectivity index (χ2v) is 7.07. The van der Waals surface area contributed by atoms with Crippen LogP contribution in [-0.4, -0.2) is 25.8 Å². The van der Waals surface area contributed by atoms with Gasteiger partial charge in [-0.15, -0.1) is 6.58 Å². The fourth-order valence-electron chi connectivity index (χ4n) is 3.07. The van der Waals surface area contributed by atoms with Gasteiger partial charge in [-0.1, -0.05) is 62.4 Å². The molecule has 0 unspecified atom stereocenters. The molecule has 144 valence electrons. The molecule has 1 aromatic heterocycles. The molecule has 0 aliphatic rings. The van der Waals surface area contributed by atoms with E-state index in [0.29, 0.717) is 12.0 Å². The van der Waals surface area contributed by atoms with Crippen LogP contribution in [0.4, 0.5) is 0 Å². The Labute approximate surface area is 165 Å². The number of nitrogens with zero attached hydrogens (tertiary/aromatic N) is 3. The first kappa shape index (κ1) is 19.5. The quantitative estimate of drug-likeness (QED) is 0.567. The van der Waals surface area contributed by atoms with Gasteiger partial charge in [-0.05, 0) is 29.2 Å². The Bertz CT molecular complexity index is 972. The Kier molecular flexibility index (Phi) is 6.04. The summed E-state index contributed by atoms with van der Waals surface area (Å²) in [4.78, 5) is 16.2. The third kappa shape index (κ3) is 4.36. The molecule has 0 atom stereocenters. The number of carboxylic acids is 1. The molecule has 5 nitrogen and oxygen atoms in total. The van der Waals surface area contributed by atoms with Gasteiger partial charge in [-0.3, -0.25) is 0 Å². The second-order valence-electron chi connectivity index (χ2n) is 7.07. The summed E-state index contributed by atoms with van der Waals surface area (Å²) in [6, 6.07) is 15.0. The van der Waals surface area contributed by atoms with Gasteiger partial charge in [-0.25, -0.2) is 14.5 Å². The molecule has 5 heteroatoms. The minimum absolute atomic E-state index is 0.277. The zero-order chi connectivity index (χ0) is 20.1. The van der Waals surface area contributed by atoms with Gasteiger partial charge in [-0.2, -0.15) is 5.10 Å². The van der Waals surface area contributed by atoms with Crippen LogP contribution in [0.2, 0.25) is 0 Å². The molecule has 0 spiro atoms. The Morgan fingerprint density at radius 1 is 1.18 bits per heavy atom. The molecule has 28 heavy (non-hydrogen) atoms. The average molecular weight is 375 g/mol. The number of hydrogen-bond donors (Lipinski definition) is 1. The average Bonchev–Trinajstić information content (AvgIpc) is 3.10. The number of allylic oxidation sites excluding steroid dienone is 1. The minimum atomic E-state index is -0.920. The molecule has 1 heterocycles. The standard InChI is InChI=1S/C23H25N3O2/c1-4-5-14-26-21(24-22(25-26)16(2)3)15-17-10-12-18(13-11-17)19-8-6-7-9-20(19)23(27)28/h4,6-13,16H,1,5,14-15H2,2-3H3,(H,27,28). The third-order valence-corrected chi connectivity index (χ3v) is 4.61. The molecular formula is C23H25N3O2. The summed E-state index contributed by atoms with van der Waals surface area (Å²) in [6.45, 7) is 8.73. The zero-order valence-corrected chi connectivity index (χ0v) is 16.3. The van der Waals surface area contributed by atoms with Gasteiger partial charge in [0.15, 0.2) is 5.82 Å². The Hall–Kier alpha value is -3.21. The van der Waals surface area contributed by atoms with Crippen LogP contribution >= 0.6 is 0 Å². The van der Waals surface area contributed by atoms with Gasteiger partial charge in [0, 0.05) is 18.9 Å². The van der Waals surface area contributed by atoms with Crippen LogP contribution in [0.3, 0.4) is 0 Å². The first-order chi connectivity index (χ1) is 13.5. The molecule has 1 N–H and O–H groups in total. The van der Waals surface area contributed by atoms with E-state index in [4.69, 9.17) is 4.98 Å². The highest BCUT2D eigenvalue weighted by Crippen LogP contribution is 2.25. The molecule has 3 aromatic rings. The molecule has 0 aliphatic heterocycles. The van der Waals surface area contributed by atoms with E-state index in [-0.39, 0.29) is 5.92 Å². The molecular weight excluding hydrogens is 350 g/mol. The summed E-state index contributed by atoms with van der Waals surface area (Å²) in [7, 11) is 0. The van der Waals surface area contributed by atoms with Crippen LogP contribution in [0.1, 0.15) is 53.8 Å². The van der Waals surface area contributed by atoms with Crippen molar-refractivity contribution in [2.45, 2.75) is 39.2 Å². The van der Waals surface area contributed by atoms with Crippen molar-refractivity contribution in [2.75, 3.05) is 0 Å². The van der Waals surface area contributed by atoms with Crippen LogP contribution in [0.25, 0.3) is 11.1 Å². The lowest BCUT2D eigenvalue weighted by Crippen LogP contribution is -2.06. The van der Waals surface area contributed by atoms with E-state index in [2.05, 4.69) is 25.5 Å². The van der Waals surface area contributed by atoms with E-state index < -0.39 is 5.97 Å². The van der Waals surface area contributed by atoms with Gasteiger partial charge >= 0.3 is 5.97 Å². The smallest absolute Gasteiger partial charge is 0.336 e. The van der Waals surface area contributed by atoms with Crippen LogP contribution in [-0.2, 0) is 13.0 Å². The van der Waals surface area contributed by atoms with Gasteiger partial charge in [0.25, 0.3) is 0 Å². The predicted molar refractivity (Wildman–Crippen MR) is 111 cm³/mol. The summed E-state index contributed by atoms with van der Waals surface area (Å²) in [6.07, 6.45) is 3.41. The molecule has 0 bridgehead atoms.